The average Bonchev–Trinajstić information content (AvgIpc) is 3.04. The molecule has 1 saturated heterocycles. The zero-order valence-electron chi connectivity index (χ0n) is 13.1. The predicted octanol–water partition coefficient (Wildman–Crippen LogP) is 2.57. The van der Waals surface area contributed by atoms with Crippen LogP contribution < -0.4 is 0 Å². The van der Waals surface area contributed by atoms with Crippen LogP contribution in [0.1, 0.15) is 5.69 Å². The minimum absolute atomic E-state index is 0.826. The van der Waals surface area contributed by atoms with Crippen molar-refractivity contribution in [3.05, 3.63) is 41.4 Å². The number of nitrogens with zero attached hydrogens (tertiary/aromatic N) is 3. The molecule has 1 fully saturated rings. The molecule has 0 bridgehead atoms. The summed E-state index contributed by atoms with van der Waals surface area (Å²) in [7, 11) is 1.77. The molecule has 3 rings (SSSR count). The van der Waals surface area contributed by atoms with Gasteiger partial charge in [-0.15, -0.1) is 11.3 Å². The van der Waals surface area contributed by atoms with Gasteiger partial charge >= 0.3 is 0 Å². The molecular formula is C17H23N3OS. The molecule has 118 valence electrons. The standard InChI is InChI=1S/C17H23N3OS/c1-21-12-11-19-7-9-20(10-8-19)13-16-14-22-17(18-16)15-5-3-2-4-6-15/h2-6,14H,7-13H2,1H3. The number of ether oxygens (including phenoxy) is 1. The lowest BCUT2D eigenvalue weighted by molar-refractivity contribution is 0.0933. The van der Waals surface area contributed by atoms with Gasteiger partial charge in [0, 0.05) is 57.3 Å². The van der Waals surface area contributed by atoms with E-state index in [2.05, 4.69) is 39.4 Å². The summed E-state index contributed by atoms with van der Waals surface area (Å²) >= 11 is 1.74. The second-order valence-electron chi connectivity index (χ2n) is 5.62. The number of benzene rings is 1. The molecule has 4 nitrogen and oxygen atoms in total. The van der Waals surface area contributed by atoms with Gasteiger partial charge in [-0.2, -0.15) is 0 Å². The maximum atomic E-state index is 5.15. The summed E-state index contributed by atoms with van der Waals surface area (Å²) in [5.74, 6) is 0. The van der Waals surface area contributed by atoms with Gasteiger partial charge < -0.3 is 4.74 Å². The third-order valence-electron chi connectivity index (χ3n) is 4.03. The summed E-state index contributed by atoms with van der Waals surface area (Å²) < 4.78 is 5.15. The SMILES string of the molecule is COCCN1CCN(Cc2csc(-c3ccccc3)n2)CC1. The molecule has 1 aliphatic heterocycles. The minimum Gasteiger partial charge on any atom is -0.383 e. The van der Waals surface area contributed by atoms with E-state index < -0.39 is 0 Å². The molecule has 5 heteroatoms. The van der Waals surface area contributed by atoms with Gasteiger partial charge in [0.1, 0.15) is 5.01 Å². The van der Waals surface area contributed by atoms with Crippen molar-refractivity contribution in [2.75, 3.05) is 46.4 Å². The minimum atomic E-state index is 0.826. The number of methoxy groups -OCH3 is 1. The third kappa shape index (κ3) is 4.14. The van der Waals surface area contributed by atoms with Gasteiger partial charge in [-0.25, -0.2) is 4.98 Å². The summed E-state index contributed by atoms with van der Waals surface area (Å²) in [4.78, 5) is 9.75. The van der Waals surface area contributed by atoms with Crippen molar-refractivity contribution in [2.24, 2.45) is 0 Å². The molecule has 0 saturated carbocycles. The van der Waals surface area contributed by atoms with Crippen LogP contribution in [0.15, 0.2) is 35.7 Å². The number of rotatable bonds is 6. The van der Waals surface area contributed by atoms with Crippen LogP contribution >= 0.6 is 11.3 Å². The zero-order chi connectivity index (χ0) is 15.2. The van der Waals surface area contributed by atoms with E-state index in [1.807, 2.05) is 6.07 Å². The summed E-state index contributed by atoms with van der Waals surface area (Å²) in [5, 5.41) is 3.31. The van der Waals surface area contributed by atoms with Crippen LogP contribution in [0.3, 0.4) is 0 Å². The van der Waals surface area contributed by atoms with E-state index in [4.69, 9.17) is 9.72 Å². The van der Waals surface area contributed by atoms with Crippen LogP contribution in [-0.4, -0.2) is 61.2 Å². The zero-order valence-corrected chi connectivity index (χ0v) is 13.9. The first-order chi connectivity index (χ1) is 10.8. The van der Waals surface area contributed by atoms with Crippen LogP contribution in [0.4, 0.5) is 0 Å². The molecule has 0 atom stereocenters. The molecule has 0 amide bonds. The van der Waals surface area contributed by atoms with Gasteiger partial charge in [0.25, 0.3) is 0 Å². The smallest absolute Gasteiger partial charge is 0.123 e. The second kappa shape index (κ2) is 7.83. The maximum absolute atomic E-state index is 5.15. The molecular weight excluding hydrogens is 294 g/mol. The molecule has 0 unspecified atom stereocenters. The van der Waals surface area contributed by atoms with Crippen LogP contribution in [0.5, 0.6) is 0 Å². The molecule has 2 aromatic rings. The van der Waals surface area contributed by atoms with E-state index in [1.165, 1.54) is 11.3 Å². The number of hydrogen-bond acceptors (Lipinski definition) is 5. The number of piperazine rings is 1. The maximum Gasteiger partial charge on any atom is 0.123 e. The monoisotopic (exact) mass is 317 g/mol. The largest absolute Gasteiger partial charge is 0.383 e. The Morgan fingerprint density at radius 1 is 1.09 bits per heavy atom. The van der Waals surface area contributed by atoms with E-state index in [0.717, 1.165) is 50.9 Å². The van der Waals surface area contributed by atoms with E-state index in [1.54, 1.807) is 18.4 Å². The summed E-state index contributed by atoms with van der Waals surface area (Å²) in [6.45, 7) is 7.30. The van der Waals surface area contributed by atoms with E-state index in [0.29, 0.717) is 0 Å². The molecule has 1 aromatic carbocycles. The molecule has 0 aliphatic carbocycles. The molecule has 22 heavy (non-hydrogen) atoms. The number of thiazole rings is 1. The van der Waals surface area contributed by atoms with Crippen LogP contribution in [0.25, 0.3) is 10.6 Å². The van der Waals surface area contributed by atoms with Crippen molar-refractivity contribution in [3.8, 4) is 10.6 Å². The lowest BCUT2D eigenvalue weighted by atomic mass is 10.2. The molecule has 1 aliphatic rings. The number of aromatic nitrogens is 1. The Balaban J connectivity index is 1.51. The van der Waals surface area contributed by atoms with Crippen molar-refractivity contribution in [1.29, 1.82) is 0 Å². The topological polar surface area (TPSA) is 28.6 Å². The van der Waals surface area contributed by atoms with Gasteiger partial charge in [0.05, 0.1) is 12.3 Å². The highest BCUT2D eigenvalue weighted by molar-refractivity contribution is 7.13. The Kier molecular flexibility index (Phi) is 5.56. The fourth-order valence-electron chi connectivity index (χ4n) is 2.71. The van der Waals surface area contributed by atoms with Gasteiger partial charge in [-0.1, -0.05) is 30.3 Å². The van der Waals surface area contributed by atoms with Crippen LogP contribution in [0, 0.1) is 0 Å². The normalized spacial score (nSPS) is 17.0. The summed E-state index contributed by atoms with van der Waals surface area (Å²) in [6, 6.07) is 10.4. The first-order valence-electron chi connectivity index (χ1n) is 7.78. The number of hydrogen-bond donors (Lipinski definition) is 0. The van der Waals surface area contributed by atoms with Crippen molar-refractivity contribution < 1.29 is 4.74 Å². The molecule has 2 heterocycles. The third-order valence-corrected chi connectivity index (χ3v) is 4.97. The van der Waals surface area contributed by atoms with Crippen LogP contribution in [-0.2, 0) is 11.3 Å². The predicted molar refractivity (Wildman–Crippen MR) is 91.1 cm³/mol. The second-order valence-corrected chi connectivity index (χ2v) is 6.48. The highest BCUT2D eigenvalue weighted by atomic mass is 32.1. The summed E-state index contributed by atoms with van der Waals surface area (Å²) in [5.41, 5.74) is 2.40. The lowest BCUT2D eigenvalue weighted by Crippen LogP contribution is -2.46. The average molecular weight is 317 g/mol. The Bertz CT molecular complexity index is 564. The molecule has 0 N–H and O–H groups in total. The fraction of sp³-hybridized carbons (Fsp3) is 0.471. The first kappa shape index (κ1) is 15.6. The molecule has 1 aromatic heterocycles. The first-order valence-corrected chi connectivity index (χ1v) is 8.66. The van der Waals surface area contributed by atoms with Crippen molar-refractivity contribution in [1.82, 2.24) is 14.8 Å². The summed E-state index contributed by atoms with van der Waals surface area (Å²) in [6.07, 6.45) is 0. The molecule has 0 spiro atoms. The fourth-order valence-corrected chi connectivity index (χ4v) is 3.53. The Hall–Kier alpha value is -1.27. The highest BCUT2D eigenvalue weighted by Crippen LogP contribution is 2.24. The van der Waals surface area contributed by atoms with Crippen molar-refractivity contribution >= 4 is 11.3 Å². The quantitative estimate of drug-likeness (QED) is 0.819. The lowest BCUT2D eigenvalue weighted by Gasteiger charge is -2.34. The Morgan fingerprint density at radius 2 is 1.82 bits per heavy atom. The van der Waals surface area contributed by atoms with Gasteiger partial charge in [0.15, 0.2) is 0 Å². The van der Waals surface area contributed by atoms with E-state index >= 15 is 0 Å². The van der Waals surface area contributed by atoms with Crippen molar-refractivity contribution in [2.45, 2.75) is 6.54 Å². The Labute approximate surface area is 136 Å². The van der Waals surface area contributed by atoms with Gasteiger partial charge in [0.2, 0.25) is 0 Å². The highest BCUT2D eigenvalue weighted by Gasteiger charge is 2.17. The molecule has 0 radical (unpaired) electrons. The van der Waals surface area contributed by atoms with Gasteiger partial charge in [-0.3, -0.25) is 9.80 Å². The van der Waals surface area contributed by atoms with Crippen molar-refractivity contribution in [3.63, 3.8) is 0 Å². The Morgan fingerprint density at radius 3 is 2.55 bits per heavy atom. The van der Waals surface area contributed by atoms with Crippen LogP contribution in [0.2, 0.25) is 0 Å². The van der Waals surface area contributed by atoms with E-state index in [9.17, 15) is 0 Å². The van der Waals surface area contributed by atoms with Gasteiger partial charge in [-0.05, 0) is 0 Å². The van der Waals surface area contributed by atoms with E-state index in [-0.39, 0.29) is 0 Å².